The van der Waals surface area contributed by atoms with Gasteiger partial charge in [-0.15, -0.1) is 11.3 Å². The molecule has 1 amide bonds. The molecule has 0 unspecified atom stereocenters. The summed E-state index contributed by atoms with van der Waals surface area (Å²) in [5.74, 6) is 0.340. The number of hydrogen-bond donors (Lipinski definition) is 1. The summed E-state index contributed by atoms with van der Waals surface area (Å²) in [5, 5.41) is 16.3. The maximum absolute atomic E-state index is 12.6. The predicted molar refractivity (Wildman–Crippen MR) is 142 cm³/mol. The molecule has 8 heteroatoms. The Hall–Kier alpha value is -3.60. The first-order valence-corrected chi connectivity index (χ1v) is 12.4. The summed E-state index contributed by atoms with van der Waals surface area (Å²) in [6, 6.07) is 13.9. The summed E-state index contributed by atoms with van der Waals surface area (Å²) in [5.41, 5.74) is 4.92. The zero-order chi connectivity index (χ0) is 24.9. The average molecular weight is 505 g/mol. The molecule has 2 heterocycles. The molecule has 0 fully saturated rings. The lowest BCUT2D eigenvalue weighted by Gasteiger charge is -2.12. The number of anilines is 1. The van der Waals surface area contributed by atoms with Crippen molar-refractivity contribution in [2.24, 2.45) is 0 Å². The molecule has 0 aliphatic rings. The first kappa shape index (κ1) is 24.5. The van der Waals surface area contributed by atoms with Crippen LogP contribution < -0.4 is 10.1 Å². The molecule has 6 nitrogen and oxygen atoms in total. The van der Waals surface area contributed by atoms with Crippen molar-refractivity contribution in [3.05, 3.63) is 81.0 Å². The topological polar surface area (TPSA) is 79.9 Å². The number of aryl methyl sites for hydroxylation is 3. The van der Waals surface area contributed by atoms with E-state index in [4.69, 9.17) is 16.3 Å². The van der Waals surface area contributed by atoms with Crippen LogP contribution in [0.3, 0.4) is 0 Å². The van der Waals surface area contributed by atoms with Gasteiger partial charge in [0.15, 0.2) is 5.13 Å². The zero-order valence-corrected chi connectivity index (χ0v) is 21.3. The van der Waals surface area contributed by atoms with Gasteiger partial charge in [0.25, 0.3) is 5.91 Å². The highest BCUT2D eigenvalue weighted by Crippen LogP contribution is 2.29. The third-order valence-corrected chi connectivity index (χ3v) is 7.08. The minimum atomic E-state index is -0.472. The number of nitrogens with one attached hydrogen (secondary N) is 1. The van der Waals surface area contributed by atoms with E-state index >= 15 is 0 Å². The van der Waals surface area contributed by atoms with Crippen LogP contribution in [0, 0.1) is 32.1 Å². The van der Waals surface area contributed by atoms with Crippen LogP contribution in [-0.2, 0) is 11.3 Å². The van der Waals surface area contributed by atoms with E-state index in [0.29, 0.717) is 11.7 Å². The molecular weight excluding hydrogens is 480 g/mol. The van der Waals surface area contributed by atoms with Gasteiger partial charge in [-0.1, -0.05) is 29.8 Å². The Balaban J connectivity index is 1.54. The molecule has 0 saturated heterocycles. The van der Waals surface area contributed by atoms with Gasteiger partial charge in [0.05, 0.1) is 6.61 Å². The van der Waals surface area contributed by atoms with E-state index in [0.717, 1.165) is 57.0 Å². The molecule has 0 atom stereocenters. The smallest absolute Gasteiger partial charge is 0.268 e. The van der Waals surface area contributed by atoms with Crippen LogP contribution >= 0.6 is 22.9 Å². The number of para-hydroxylation sites is 1. The van der Waals surface area contributed by atoms with Gasteiger partial charge >= 0.3 is 0 Å². The second-order valence-corrected chi connectivity index (χ2v) is 9.47. The molecule has 0 bridgehead atoms. The van der Waals surface area contributed by atoms with E-state index in [1.54, 1.807) is 17.7 Å². The van der Waals surface area contributed by atoms with Crippen molar-refractivity contribution in [3.63, 3.8) is 0 Å². The zero-order valence-electron chi connectivity index (χ0n) is 19.8. The third-order valence-electron chi connectivity index (χ3n) is 5.79. The van der Waals surface area contributed by atoms with Crippen molar-refractivity contribution >= 4 is 51.0 Å². The Kier molecular flexibility index (Phi) is 7.54. The van der Waals surface area contributed by atoms with E-state index in [1.807, 2.05) is 63.2 Å². The predicted octanol–water partition coefficient (Wildman–Crippen LogP) is 6.69. The summed E-state index contributed by atoms with van der Waals surface area (Å²) in [6.07, 6.45) is 4.05. The fourth-order valence-corrected chi connectivity index (χ4v) is 4.71. The largest absolute Gasteiger partial charge is 0.494 e. The lowest BCUT2D eigenvalue weighted by Crippen LogP contribution is -2.13. The Morgan fingerprint density at radius 3 is 2.69 bits per heavy atom. The van der Waals surface area contributed by atoms with Gasteiger partial charge in [0.2, 0.25) is 0 Å². The number of carbonyl (C=O) groups excluding carboxylic acids is 1. The number of halogens is 1. The van der Waals surface area contributed by atoms with E-state index in [2.05, 4.69) is 14.9 Å². The summed E-state index contributed by atoms with van der Waals surface area (Å²) >= 11 is 7.56. The van der Waals surface area contributed by atoms with Crippen LogP contribution in [0.25, 0.3) is 17.0 Å². The molecule has 0 radical (unpaired) electrons. The van der Waals surface area contributed by atoms with Crippen LogP contribution in [-0.4, -0.2) is 22.1 Å². The first-order valence-electron chi connectivity index (χ1n) is 11.2. The van der Waals surface area contributed by atoms with Crippen molar-refractivity contribution in [2.75, 3.05) is 11.9 Å². The fourth-order valence-electron chi connectivity index (χ4n) is 4.07. The number of nitrogens with zero attached hydrogens (tertiary/aromatic N) is 3. The molecular formula is C27H25ClN4O2S. The van der Waals surface area contributed by atoms with Crippen molar-refractivity contribution < 1.29 is 9.53 Å². The third kappa shape index (κ3) is 5.40. The highest BCUT2D eigenvalue weighted by Gasteiger charge is 2.16. The number of rotatable bonds is 8. The lowest BCUT2D eigenvalue weighted by atomic mass is 10.1. The van der Waals surface area contributed by atoms with Gasteiger partial charge in [0.1, 0.15) is 17.4 Å². The van der Waals surface area contributed by atoms with Gasteiger partial charge in [-0.3, -0.25) is 10.1 Å². The highest BCUT2D eigenvalue weighted by atomic mass is 35.5. The highest BCUT2D eigenvalue weighted by molar-refractivity contribution is 7.13. The van der Waals surface area contributed by atoms with Crippen LogP contribution in [0.5, 0.6) is 5.75 Å². The number of benzene rings is 2. The monoisotopic (exact) mass is 504 g/mol. The Bertz CT molecular complexity index is 1430. The minimum Gasteiger partial charge on any atom is -0.494 e. The van der Waals surface area contributed by atoms with Gasteiger partial charge < -0.3 is 9.30 Å². The second-order valence-electron chi connectivity index (χ2n) is 8.20. The first-order chi connectivity index (χ1) is 16.9. The summed E-state index contributed by atoms with van der Waals surface area (Å²) in [7, 11) is 0. The van der Waals surface area contributed by atoms with Gasteiger partial charge in [-0.05, 0) is 62.6 Å². The van der Waals surface area contributed by atoms with Gasteiger partial charge in [-0.2, -0.15) is 5.26 Å². The molecule has 4 aromatic rings. The average Bonchev–Trinajstić information content (AvgIpc) is 3.44. The van der Waals surface area contributed by atoms with Gasteiger partial charge in [-0.25, -0.2) is 4.98 Å². The van der Waals surface area contributed by atoms with Crippen molar-refractivity contribution in [1.82, 2.24) is 9.55 Å². The van der Waals surface area contributed by atoms with Crippen molar-refractivity contribution in [3.8, 4) is 11.8 Å². The minimum absolute atomic E-state index is 0.0306. The number of ether oxygens (including phenoxy) is 1. The molecule has 1 N–H and O–H groups in total. The summed E-state index contributed by atoms with van der Waals surface area (Å²) < 4.78 is 8.19. The van der Waals surface area contributed by atoms with Crippen LogP contribution in [0.1, 0.15) is 28.8 Å². The van der Waals surface area contributed by atoms with E-state index in [1.165, 1.54) is 11.3 Å². The van der Waals surface area contributed by atoms with E-state index < -0.39 is 5.91 Å². The number of aromatic nitrogens is 2. The molecule has 0 aliphatic carbocycles. The normalized spacial score (nSPS) is 11.5. The molecule has 2 aromatic heterocycles. The summed E-state index contributed by atoms with van der Waals surface area (Å²) in [6.45, 7) is 7.24. The van der Waals surface area contributed by atoms with Crippen LogP contribution in [0.15, 0.2) is 53.5 Å². The van der Waals surface area contributed by atoms with Crippen molar-refractivity contribution in [1.29, 1.82) is 5.26 Å². The Morgan fingerprint density at radius 1 is 1.26 bits per heavy atom. The molecule has 4 rings (SSSR count). The number of carbonyl (C=O) groups is 1. The molecule has 0 saturated carbocycles. The SMILES string of the molecule is Cc1cc(OCCCn2c(C)c(/C=C(/C#N)C(=O)Nc3nccs3)c3ccccc32)cc(C)c1Cl. The molecule has 2 aromatic carbocycles. The van der Waals surface area contributed by atoms with E-state index in [-0.39, 0.29) is 5.57 Å². The Labute approximate surface area is 213 Å². The van der Waals surface area contributed by atoms with Crippen LogP contribution in [0.4, 0.5) is 5.13 Å². The molecule has 178 valence electrons. The molecule has 35 heavy (non-hydrogen) atoms. The number of thiazole rings is 1. The Morgan fingerprint density at radius 2 is 2.00 bits per heavy atom. The lowest BCUT2D eigenvalue weighted by molar-refractivity contribution is -0.112. The number of nitriles is 1. The second kappa shape index (κ2) is 10.8. The molecule has 0 aliphatic heterocycles. The van der Waals surface area contributed by atoms with E-state index in [9.17, 15) is 10.1 Å². The summed E-state index contributed by atoms with van der Waals surface area (Å²) in [4.78, 5) is 16.7. The number of hydrogen-bond acceptors (Lipinski definition) is 5. The maximum atomic E-state index is 12.6. The quantitative estimate of drug-likeness (QED) is 0.165. The van der Waals surface area contributed by atoms with Gasteiger partial charge in [0, 0.05) is 45.3 Å². The number of fused-ring (bicyclic) bond motifs is 1. The standard InChI is InChI=1S/C27H25ClN4O2S/c1-17-13-21(14-18(2)25(17)28)34-11-6-10-32-19(3)23(22-7-4-5-8-24(22)32)15-20(16-29)26(33)31-27-30-9-12-35-27/h4-5,7-9,12-15H,6,10-11H2,1-3H3,(H,30,31,33)/b20-15-. The maximum Gasteiger partial charge on any atom is 0.268 e. The number of amides is 1. The molecule has 0 spiro atoms. The van der Waals surface area contributed by atoms with Crippen LogP contribution in [0.2, 0.25) is 5.02 Å². The fraction of sp³-hybridized carbons (Fsp3) is 0.222. The van der Waals surface area contributed by atoms with Crippen molar-refractivity contribution in [2.45, 2.75) is 33.7 Å².